The second-order valence-electron chi connectivity index (χ2n) is 6.34. The van der Waals surface area contributed by atoms with Gasteiger partial charge in [0.15, 0.2) is 0 Å². The fourth-order valence-electron chi connectivity index (χ4n) is 3.66. The number of nitrogens with one attached hydrogen (secondary N) is 2. The van der Waals surface area contributed by atoms with Crippen molar-refractivity contribution < 1.29 is 14.3 Å². The Hall–Kier alpha value is -0.460. The summed E-state index contributed by atoms with van der Waals surface area (Å²) in [5.41, 5.74) is 0.0952. The van der Waals surface area contributed by atoms with Crippen LogP contribution in [-0.4, -0.2) is 56.0 Å². The van der Waals surface area contributed by atoms with Gasteiger partial charge < -0.3 is 20.1 Å². The van der Waals surface area contributed by atoms with Gasteiger partial charge in [-0.1, -0.05) is 0 Å². The monoisotopic (exact) mass is 314 g/mol. The van der Waals surface area contributed by atoms with Gasteiger partial charge in [0.25, 0.3) is 0 Å². The van der Waals surface area contributed by atoms with E-state index in [1.807, 2.05) is 18.7 Å². The van der Waals surface area contributed by atoms with Crippen molar-refractivity contribution in [1.82, 2.24) is 10.6 Å². The van der Waals surface area contributed by atoms with Gasteiger partial charge in [-0.25, -0.2) is 4.79 Å². The van der Waals surface area contributed by atoms with Gasteiger partial charge in [-0.05, 0) is 43.6 Å². The van der Waals surface area contributed by atoms with Crippen LogP contribution in [0.5, 0.6) is 0 Å². The Morgan fingerprint density at radius 3 is 2.76 bits per heavy atom. The minimum atomic E-state index is -0.0160. The largest absolute Gasteiger partial charge is 0.381 e. The van der Waals surface area contributed by atoms with Gasteiger partial charge >= 0.3 is 6.03 Å². The molecule has 120 valence electrons. The first-order valence-corrected chi connectivity index (χ1v) is 9.21. The van der Waals surface area contributed by atoms with Crippen LogP contribution in [0.3, 0.4) is 0 Å². The molecule has 0 aromatic carbocycles. The highest BCUT2D eigenvalue weighted by Crippen LogP contribution is 2.50. The molecule has 5 nitrogen and oxygen atoms in total. The summed E-state index contributed by atoms with van der Waals surface area (Å²) in [5, 5.41) is 6.19. The lowest BCUT2D eigenvalue weighted by atomic mass is 9.57. The zero-order valence-electron chi connectivity index (χ0n) is 12.7. The molecule has 2 aliphatic heterocycles. The van der Waals surface area contributed by atoms with Gasteiger partial charge in [0, 0.05) is 37.8 Å². The Morgan fingerprint density at radius 1 is 1.38 bits per heavy atom. The van der Waals surface area contributed by atoms with Crippen molar-refractivity contribution >= 4 is 17.8 Å². The van der Waals surface area contributed by atoms with Gasteiger partial charge in [0.1, 0.15) is 0 Å². The minimum absolute atomic E-state index is 0.0160. The van der Waals surface area contributed by atoms with Crippen LogP contribution in [0.1, 0.15) is 26.2 Å². The molecular formula is C15H26N2O3S. The third kappa shape index (κ3) is 3.17. The Morgan fingerprint density at radius 2 is 2.14 bits per heavy atom. The molecule has 2 amide bonds. The second kappa shape index (κ2) is 6.75. The summed E-state index contributed by atoms with van der Waals surface area (Å²) < 4.78 is 11.4. The standard InChI is InChI=1S/C15H26N2O3S/c1-2-20-13-7-12(15(13)3-5-19-6-4-15)17-14(18)16-8-11-9-21-10-11/h11-13H,2-10H2,1H3,(H2,16,17,18). The molecule has 2 atom stereocenters. The van der Waals surface area contributed by atoms with E-state index in [4.69, 9.17) is 9.47 Å². The Balaban J connectivity index is 1.50. The van der Waals surface area contributed by atoms with Crippen LogP contribution in [0.2, 0.25) is 0 Å². The molecule has 3 rings (SSSR count). The lowest BCUT2D eigenvalue weighted by molar-refractivity contribution is -0.169. The summed E-state index contributed by atoms with van der Waals surface area (Å²) in [7, 11) is 0. The minimum Gasteiger partial charge on any atom is -0.381 e. The fourth-order valence-corrected chi connectivity index (χ4v) is 4.46. The SMILES string of the molecule is CCOC1CC(NC(=O)NCC2CSC2)C12CCOCC2. The molecule has 2 unspecified atom stereocenters. The fraction of sp³-hybridized carbons (Fsp3) is 0.933. The highest BCUT2D eigenvalue weighted by molar-refractivity contribution is 8.00. The van der Waals surface area contributed by atoms with E-state index in [0.29, 0.717) is 5.92 Å². The number of carbonyl (C=O) groups excluding carboxylic acids is 1. The maximum Gasteiger partial charge on any atom is 0.315 e. The van der Waals surface area contributed by atoms with Crippen molar-refractivity contribution in [2.24, 2.45) is 11.3 Å². The molecule has 21 heavy (non-hydrogen) atoms. The number of ether oxygens (including phenoxy) is 2. The van der Waals surface area contributed by atoms with Crippen LogP contribution in [-0.2, 0) is 9.47 Å². The first-order valence-electron chi connectivity index (χ1n) is 8.06. The van der Waals surface area contributed by atoms with E-state index in [1.165, 1.54) is 11.5 Å². The number of thioether (sulfide) groups is 1. The van der Waals surface area contributed by atoms with Crippen LogP contribution in [0.4, 0.5) is 4.79 Å². The Labute approximate surface area is 130 Å². The first kappa shape index (κ1) is 15.4. The lowest BCUT2D eigenvalue weighted by Gasteiger charge is -2.57. The third-order valence-corrected chi connectivity index (χ3v) is 6.55. The van der Waals surface area contributed by atoms with E-state index in [-0.39, 0.29) is 23.6 Å². The normalized spacial score (nSPS) is 31.3. The summed E-state index contributed by atoms with van der Waals surface area (Å²) in [6, 6.07) is 0.214. The van der Waals surface area contributed by atoms with E-state index >= 15 is 0 Å². The average Bonchev–Trinajstić information content (AvgIpc) is 2.45. The van der Waals surface area contributed by atoms with Crippen molar-refractivity contribution in [1.29, 1.82) is 0 Å². The van der Waals surface area contributed by atoms with E-state index in [0.717, 1.165) is 45.6 Å². The summed E-state index contributed by atoms with van der Waals surface area (Å²) in [4.78, 5) is 12.1. The first-order chi connectivity index (χ1) is 10.2. The predicted molar refractivity (Wildman–Crippen MR) is 83.7 cm³/mol. The van der Waals surface area contributed by atoms with Crippen LogP contribution in [0.15, 0.2) is 0 Å². The van der Waals surface area contributed by atoms with E-state index in [9.17, 15) is 4.79 Å². The summed E-state index contributed by atoms with van der Waals surface area (Å²) in [6.07, 6.45) is 3.18. The van der Waals surface area contributed by atoms with Crippen molar-refractivity contribution in [3.05, 3.63) is 0 Å². The molecule has 1 saturated carbocycles. The molecule has 6 heteroatoms. The molecule has 1 aliphatic carbocycles. The number of hydrogen-bond acceptors (Lipinski definition) is 4. The number of rotatable bonds is 5. The van der Waals surface area contributed by atoms with E-state index < -0.39 is 0 Å². The molecule has 0 aromatic rings. The highest BCUT2D eigenvalue weighted by Gasteiger charge is 2.56. The van der Waals surface area contributed by atoms with Gasteiger partial charge in [-0.15, -0.1) is 0 Å². The summed E-state index contributed by atoms with van der Waals surface area (Å²) in [6.45, 7) is 5.14. The number of hydrogen-bond donors (Lipinski definition) is 2. The second-order valence-corrected chi connectivity index (χ2v) is 7.41. The zero-order chi connectivity index (χ0) is 14.7. The molecule has 1 spiro atoms. The molecule has 0 radical (unpaired) electrons. The zero-order valence-corrected chi connectivity index (χ0v) is 13.5. The Kier molecular flexibility index (Phi) is 4.96. The van der Waals surface area contributed by atoms with Gasteiger partial charge in [0.2, 0.25) is 0 Å². The summed E-state index contributed by atoms with van der Waals surface area (Å²) in [5.74, 6) is 3.02. The van der Waals surface area contributed by atoms with Crippen LogP contribution in [0.25, 0.3) is 0 Å². The van der Waals surface area contributed by atoms with E-state index in [1.54, 1.807) is 0 Å². The van der Waals surface area contributed by atoms with Crippen molar-refractivity contribution in [2.45, 2.75) is 38.3 Å². The average molecular weight is 314 g/mol. The van der Waals surface area contributed by atoms with Crippen molar-refractivity contribution in [3.63, 3.8) is 0 Å². The molecule has 3 fully saturated rings. The van der Waals surface area contributed by atoms with Gasteiger partial charge in [-0.3, -0.25) is 0 Å². The molecule has 0 aromatic heterocycles. The van der Waals surface area contributed by atoms with Crippen LogP contribution >= 0.6 is 11.8 Å². The number of carbonyl (C=O) groups is 1. The molecule has 3 aliphatic rings. The molecule has 2 heterocycles. The van der Waals surface area contributed by atoms with E-state index in [2.05, 4.69) is 10.6 Å². The number of urea groups is 1. The highest BCUT2D eigenvalue weighted by atomic mass is 32.2. The maximum atomic E-state index is 12.1. The quantitative estimate of drug-likeness (QED) is 0.810. The van der Waals surface area contributed by atoms with Gasteiger partial charge in [-0.2, -0.15) is 11.8 Å². The molecule has 0 bridgehead atoms. The molecular weight excluding hydrogens is 288 g/mol. The Bertz CT molecular complexity index is 370. The smallest absolute Gasteiger partial charge is 0.315 e. The topological polar surface area (TPSA) is 59.6 Å². The van der Waals surface area contributed by atoms with Crippen molar-refractivity contribution in [3.8, 4) is 0 Å². The lowest BCUT2D eigenvalue weighted by Crippen LogP contribution is -2.67. The van der Waals surface area contributed by atoms with Crippen LogP contribution < -0.4 is 10.6 Å². The van der Waals surface area contributed by atoms with Crippen LogP contribution in [0, 0.1) is 11.3 Å². The van der Waals surface area contributed by atoms with Gasteiger partial charge in [0.05, 0.1) is 6.10 Å². The van der Waals surface area contributed by atoms with Crippen molar-refractivity contribution in [2.75, 3.05) is 37.9 Å². The summed E-state index contributed by atoms with van der Waals surface area (Å²) >= 11 is 1.95. The maximum absolute atomic E-state index is 12.1. The predicted octanol–water partition coefficient (Wildman–Crippen LogP) is 1.62. The number of amides is 2. The molecule has 2 N–H and O–H groups in total. The molecule has 2 saturated heterocycles. The third-order valence-electron chi connectivity index (χ3n) is 5.14.